The quantitative estimate of drug-likeness (QED) is 0.415. The third kappa shape index (κ3) is 5.00. The zero-order chi connectivity index (χ0) is 23.7. The lowest BCUT2D eigenvalue weighted by Gasteiger charge is -2.34. The molecule has 2 aromatic heterocycles. The minimum Gasteiger partial charge on any atom is -0.369 e. The summed E-state index contributed by atoms with van der Waals surface area (Å²) in [7, 11) is -0.198. The van der Waals surface area contributed by atoms with Gasteiger partial charge in [0.1, 0.15) is 0 Å². The van der Waals surface area contributed by atoms with E-state index in [1.54, 1.807) is 6.26 Å². The number of hydrogen-bond donors (Lipinski definition) is 2. The Balaban J connectivity index is 1.37. The smallest absolute Gasteiger partial charge is 0.247 e. The van der Waals surface area contributed by atoms with E-state index in [1.807, 2.05) is 47.0 Å². The van der Waals surface area contributed by atoms with Gasteiger partial charge in [0.05, 0.1) is 5.69 Å². The van der Waals surface area contributed by atoms with Gasteiger partial charge in [-0.15, -0.1) is 5.10 Å². The maximum Gasteiger partial charge on any atom is 0.247 e. The Hall–Kier alpha value is -3.56. The average molecular weight is 476 g/mol. The summed E-state index contributed by atoms with van der Waals surface area (Å²) in [6.07, 6.45) is 1.58. The maximum absolute atomic E-state index is 12.1. The number of fused-ring (bicyclic) bond motifs is 1. The molecule has 0 amide bonds. The second kappa shape index (κ2) is 9.00. The van der Waals surface area contributed by atoms with Gasteiger partial charge < -0.3 is 19.8 Å². The van der Waals surface area contributed by atoms with E-state index in [2.05, 4.69) is 62.0 Å². The zero-order valence-electron chi connectivity index (χ0n) is 19.4. The summed E-state index contributed by atoms with van der Waals surface area (Å²) in [4.78, 5) is 9.41. The van der Waals surface area contributed by atoms with Gasteiger partial charge in [-0.1, -0.05) is 18.2 Å². The SMILES string of the molecule is C=S(C)(=O)Nc1cccc(-c2cccc3nc(Nc4ccc(N5CCN(C)CC5)cc4)nn23)c1. The number of anilines is 4. The Labute approximate surface area is 200 Å². The summed E-state index contributed by atoms with van der Waals surface area (Å²) >= 11 is 0. The fourth-order valence-electron chi connectivity index (χ4n) is 4.12. The van der Waals surface area contributed by atoms with Crippen molar-refractivity contribution in [3.05, 3.63) is 66.7 Å². The summed E-state index contributed by atoms with van der Waals surface area (Å²) in [5.41, 5.74) is 5.48. The molecule has 1 unspecified atom stereocenters. The van der Waals surface area contributed by atoms with Crippen LogP contribution in [0.15, 0.2) is 66.7 Å². The minimum atomic E-state index is -2.36. The van der Waals surface area contributed by atoms with Gasteiger partial charge in [0.2, 0.25) is 5.95 Å². The Bertz CT molecular complexity index is 1400. The van der Waals surface area contributed by atoms with E-state index in [1.165, 1.54) is 5.69 Å². The van der Waals surface area contributed by atoms with Gasteiger partial charge in [0, 0.05) is 64.8 Å². The van der Waals surface area contributed by atoms with Crippen molar-refractivity contribution >= 4 is 44.2 Å². The first kappa shape index (κ1) is 22.2. The minimum absolute atomic E-state index is 0.531. The number of nitrogens with one attached hydrogen (secondary N) is 2. The highest BCUT2D eigenvalue weighted by molar-refractivity contribution is 8.00. The van der Waals surface area contributed by atoms with Crippen molar-refractivity contribution in [2.75, 3.05) is 54.4 Å². The third-order valence-electron chi connectivity index (χ3n) is 5.84. The van der Waals surface area contributed by atoms with Gasteiger partial charge in [-0.25, -0.2) is 8.72 Å². The molecule has 8 nitrogen and oxygen atoms in total. The van der Waals surface area contributed by atoms with Crippen molar-refractivity contribution in [3.8, 4) is 11.3 Å². The van der Waals surface area contributed by atoms with Crippen LogP contribution < -0.4 is 14.9 Å². The standard InChI is InChI=1S/C25H29N7OS/c1-30-14-16-31(17-15-30)22-12-10-20(11-13-22)26-25-27-24-9-5-8-23(32(24)28-25)19-6-4-7-21(18-19)29-34(2,3)33/h4-13,18H,2,14-17H2,1,3H3,(H,26,28)(H,29,33). The summed E-state index contributed by atoms with van der Waals surface area (Å²) in [5, 5.41) is 8.02. The molecule has 1 aliphatic rings. The van der Waals surface area contributed by atoms with Crippen LogP contribution in [-0.4, -0.2) is 69.1 Å². The molecule has 0 radical (unpaired) electrons. The topological polar surface area (TPSA) is 77.8 Å². The Morgan fingerprint density at radius 2 is 1.68 bits per heavy atom. The summed E-state index contributed by atoms with van der Waals surface area (Å²) < 4.78 is 16.8. The molecule has 9 heteroatoms. The van der Waals surface area contributed by atoms with Crippen molar-refractivity contribution in [2.24, 2.45) is 0 Å². The number of piperazine rings is 1. The number of likely N-dealkylation sites (N-methyl/N-ethyl adjacent to an activating group) is 1. The van der Waals surface area contributed by atoms with Gasteiger partial charge in [-0.2, -0.15) is 4.98 Å². The summed E-state index contributed by atoms with van der Waals surface area (Å²) in [6.45, 7) is 4.25. The molecule has 2 aromatic carbocycles. The van der Waals surface area contributed by atoms with Crippen LogP contribution in [0.2, 0.25) is 0 Å². The van der Waals surface area contributed by atoms with Gasteiger partial charge >= 0.3 is 0 Å². The lowest BCUT2D eigenvalue weighted by molar-refractivity contribution is 0.313. The molecule has 1 aliphatic heterocycles. The highest BCUT2D eigenvalue weighted by Gasteiger charge is 2.14. The number of nitrogens with zero attached hydrogens (tertiary/aromatic N) is 5. The van der Waals surface area contributed by atoms with Crippen LogP contribution in [0.1, 0.15) is 0 Å². The number of rotatable bonds is 6. The van der Waals surface area contributed by atoms with E-state index in [-0.39, 0.29) is 0 Å². The lowest BCUT2D eigenvalue weighted by atomic mass is 10.1. The van der Waals surface area contributed by atoms with Crippen LogP contribution in [-0.2, 0) is 9.71 Å². The first-order chi connectivity index (χ1) is 16.3. The normalized spacial score (nSPS) is 16.4. The van der Waals surface area contributed by atoms with Crippen LogP contribution in [0.5, 0.6) is 0 Å². The first-order valence-corrected chi connectivity index (χ1v) is 13.3. The molecule has 0 bridgehead atoms. The fourth-order valence-corrected chi connectivity index (χ4v) is 4.74. The van der Waals surface area contributed by atoms with E-state index < -0.39 is 9.71 Å². The molecule has 0 saturated carbocycles. The molecule has 34 heavy (non-hydrogen) atoms. The van der Waals surface area contributed by atoms with Crippen molar-refractivity contribution in [2.45, 2.75) is 0 Å². The second-order valence-electron chi connectivity index (χ2n) is 8.77. The van der Waals surface area contributed by atoms with Crippen LogP contribution in [0.4, 0.5) is 23.0 Å². The van der Waals surface area contributed by atoms with Crippen molar-refractivity contribution in [1.29, 1.82) is 0 Å². The zero-order valence-corrected chi connectivity index (χ0v) is 20.3. The van der Waals surface area contributed by atoms with Crippen molar-refractivity contribution in [1.82, 2.24) is 19.5 Å². The molecule has 4 aromatic rings. The molecule has 2 N–H and O–H groups in total. The molecular formula is C25H29N7OS. The van der Waals surface area contributed by atoms with E-state index >= 15 is 0 Å². The van der Waals surface area contributed by atoms with Gasteiger partial charge in [-0.05, 0) is 61.4 Å². The van der Waals surface area contributed by atoms with E-state index in [4.69, 9.17) is 5.10 Å². The Morgan fingerprint density at radius 1 is 0.941 bits per heavy atom. The second-order valence-corrected chi connectivity index (χ2v) is 11.0. The molecule has 0 spiro atoms. The largest absolute Gasteiger partial charge is 0.369 e. The number of benzene rings is 2. The van der Waals surface area contributed by atoms with Crippen molar-refractivity contribution in [3.63, 3.8) is 0 Å². The van der Waals surface area contributed by atoms with E-state index in [0.29, 0.717) is 5.95 Å². The van der Waals surface area contributed by atoms with Crippen LogP contribution in [0, 0.1) is 0 Å². The highest BCUT2D eigenvalue weighted by atomic mass is 32.2. The Kier molecular flexibility index (Phi) is 5.89. The number of hydrogen-bond acceptors (Lipinski definition) is 6. The van der Waals surface area contributed by atoms with Crippen LogP contribution >= 0.6 is 0 Å². The number of pyridine rings is 1. The number of aromatic nitrogens is 3. The van der Waals surface area contributed by atoms with Gasteiger partial charge in [0.15, 0.2) is 5.65 Å². The Morgan fingerprint density at radius 3 is 2.41 bits per heavy atom. The molecular weight excluding hydrogens is 446 g/mol. The molecule has 3 heterocycles. The molecule has 176 valence electrons. The monoisotopic (exact) mass is 475 g/mol. The molecule has 5 rings (SSSR count). The first-order valence-electron chi connectivity index (χ1n) is 11.2. The van der Waals surface area contributed by atoms with Crippen molar-refractivity contribution < 1.29 is 4.21 Å². The maximum atomic E-state index is 12.1. The van der Waals surface area contributed by atoms with Crippen LogP contribution in [0.25, 0.3) is 16.9 Å². The third-order valence-corrected chi connectivity index (χ3v) is 6.51. The predicted octanol–water partition coefficient (Wildman–Crippen LogP) is 3.56. The highest BCUT2D eigenvalue weighted by Crippen LogP contribution is 2.25. The van der Waals surface area contributed by atoms with Gasteiger partial charge in [-0.3, -0.25) is 0 Å². The molecule has 1 fully saturated rings. The molecule has 0 aliphatic carbocycles. The molecule has 1 saturated heterocycles. The fraction of sp³-hybridized carbons (Fsp3) is 0.240. The lowest BCUT2D eigenvalue weighted by Crippen LogP contribution is -2.44. The average Bonchev–Trinajstić information content (AvgIpc) is 3.22. The van der Waals surface area contributed by atoms with Crippen LogP contribution in [0.3, 0.4) is 0 Å². The van der Waals surface area contributed by atoms with E-state index in [9.17, 15) is 4.21 Å². The van der Waals surface area contributed by atoms with E-state index in [0.717, 1.165) is 54.5 Å². The predicted molar refractivity (Wildman–Crippen MR) is 143 cm³/mol. The molecule has 1 atom stereocenters. The van der Waals surface area contributed by atoms with Gasteiger partial charge in [0.25, 0.3) is 0 Å². The summed E-state index contributed by atoms with van der Waals surface area (Å²) in [5.74, 6) is 4.20. The summed E-state index contributed by atoms with van der Waals surface area (Å²) in [6, 6.07) is 22.0.